The third kappa shape index (κ3) is 3.13. The van der Waals surface area contributed by atoms with Crippen molar-refractivity contribution in [3.05, 3.63) is 36.0 Å². The second kappa shape index (κ2) is 5.86. The summed E-state index contributed by atoms with van der Waals surface area (Å²) in [7, 11) is 3.18. The van der Waals surface area contributed by atoms with Crippen LogP contribution in [0.2, 0.25) is 0 Å². The SMILES string of the molecule is COCC(O)CN(C)C(=O)c1cc2ccccc2[nH]1. The Hall–Kier alpha value is -1.85. The molecule has 0 radical (unpaired) electrons. The number of likely N-dealkylation sites (N-methyl/N-ethyl adjacent to an activating group) is 1. The van der Waals surface area contributed by atoms with Crippen molar-refractivity contribution in [2.24, 2.45) is 0 Å². The van der Waals surface area contributed by atoms with Crippen molar-refractivity contribution in [3.8, 4) is 0 Å². The number of aromatic amines is 1. The van der Waals surface area contributed by atoms with Crippen molar-refractivity contribution in [2.75, 3.05) is 27.3 Å². The lowest BCUT2D eigenvalue weighted by molar-refractivity contribution is 0.0378. The van der Waals surface area contributed by atoms with Crippen LogP contribution in [0.25, 0.3) is 10.9 Å². The molecule has 5 nitrogen and oxygen atoms in total. The number of nitrogens with zero attached hydrogens (tertiary/aromatic N) is 1. The van der Waals surface area contributed by atoms with Gasteiger partial charge in [0.15, 0.2) is 0 Å². The van der Waals surface area contributed by atoms with Crippen LogP contribution in [-0.4, -0.2) is 54.3 Å². The lowest BCUT2D eigenvalue weighted by Gasteiger charge is -2.19. The topological polar surface area (TPSA) is 65.6 Å². The van der Waals surface area contributed by atoms with Crippen molar-refractivity contribution in [2.45, 2.75) is 6.10 Å². The number of hydrogen-bond donors (Lipinski definition) is 2. The minimum atomic E-state index is -0.677. The Kier molecular flexibility index (Phi) is 4.19. The van der Waals surface area contributed by atoms with E-state index >= 15 is 0 Å². The van der Waals surface area contributed by atoms with Gasteiger partial charge in [-0.05, 0) is 12.1 Å². The number of carbonyl (C=O) groups is 1. The van der Waals surface area contributed by atoms with Crippen LogP contribution in [0.1, 0.15) is 10.5 Å². The van der Waals surface area contributed by atoms with Crippen LogP contribution < -0.4 is 0 Å². The minimum Gasteiger partial charge on any atom is -0.389 e. The monoisotopic (exact) mass is 262 g/mol. The molecule has 0 aliphatic carbocycles. The number of para-hydroxylation sites is 1. The molecule has 102 valence electrons. The maximum absolute atomic E-state index is 12.2. The molecule has 2 rings (SSSR count). The Morgan fingerprint density at radius 2 is 2.21 bits per heavy atom. The molecule has 0 spiro atoms. The normalized spacial score (nSPS) is 12.6. The molecule has 0 fully saturated rings. The number of carbonyl (C=O) groups excluding carboxylic acids is 1. The number of H-pyrrole nitrogens is 1. The van der Waals surface area contributed by atoms with Gasteiger partial charge in [-0.2, -0.15) is 0 Å². The van der Waals surface area contributed by atoms with E-state index in [2.05, 4.69) is 4.98 Å². The van der Waals surface area contributed by atoms with E-state index in [1.807, 2.05) is 30.3 Å². The molecule has 0 bridgehead atoms. The molecule has 1 aromatic heterocycles. The van der Waals surface area contributed by atoms with E-state index in [1.165, 1.54) is 12.0 Å². The Labute approximate surface area is 111 Å². The van der Waals surface area contributed by atoms with E-state index in [-0.39, 0.29) is 19.1 Å². The minimum absolute atomic E-state index is 0.147. The number of methoxy groups -OCH3 is 1. The predicted octanol–water partition coefficient (Wildman–Crippen LogP) is 1.25. The summed E-state index contributed by atoms with van der Waals surface area (Å²) in [6, 6.07) is 9.53. The highest BCUT2D eigenvalue weighted by atomic mass is 16.5. The second-order valence-electron chi connectivity index (χ2n) is 4.57. The zero-order valence-electron chi connectivity index (χ0n) is 11.1. The van der Waals surface area contributed by atoms with Gasteiger partial charge in [0.1, 0.15) is 5.69 Å². The molecule has 1 aromatic carbocycles. The maximum atomic E-state index is 12.2. The highest BCUT2D eigenvalue weighted by Crippen LogP contribution is 2.15. The summed E-state index contributed by atoms with van der Waals surface area (Å²) in [6.07, 6.45) is -0.677. The lowest BCUT2D eigenvalue weighted by atomic mass is 10.2. The average molecular weight is 262 g/mol. The Morgan fingerprint density at radius 1 is 1.47 bits per heavy atom. The fourth-order valence-corrected chi connectivity index (χ4v) is 2.04. The molecular formula is C14H18N2O3. The summed E-state index contributed by atoms with van der Waals surface area (Å²) >= 11 is 0. The molecule has 0 saturated heterocycles. The summed E-state index contributed by atoms with van der Waals surface area (Å²) in [5.41, 5.74) is 1.45. The first kappa shape index (κ1) is 13.6. The Bertz CT molecular complexity index is 532. The van der Waals surface area contributed by atoms with Crippen molar-refractivity contribution in [1.29, 1.82) is 0 Å². The molecule has 1 atom stereocenters. The van der Waals surface area contributed by atoms with Gasteiger partial charge >= 0.3 is 0 Å². The zero-order chi connectivity index (χ0) is 13.8. The van der Waals surface area contributed by atoms with Gasteiger partial charge in [-0.3, -0.25) is 4.79 Å². The molecule has 2 aromatic rings. The molecule has 2 N–H and O–H groups in total. The van der Waals surface area contributed by atoms with Crippen LogP contribution in [-0.2, 0) is 4.74 Å². The number of aliphatic hydroxyl groups is 1. The van der Waals surface area contributed by atoms with E-state index in [9.17, 15) is 9.90 Å². The number of aromatic nitrogens is 1. The summed E-state index contributed by atoms with van der Waals surface area (Å²) < 4.78 is 4.84. The van der Waals surface area contributed by atoms with Gasteiger partial charge in [-0.15, -0.1) is 0 Å². The number of nitrogens with one attached hydrogen (secondary N) is 1. The van der Waals surface area contributed by atoms with Gasteiger partial charge < -0.3 is 19.7 Å². The molecule has 0 aliphatic rings. The number of fused-ring (bicyclic) bond motifs is 1. The van der Waals surface area contributed by atoms with Gasteiger partial charge in [-0.25, -0.2) is 0 Å². The fourth-order valence-electron chi connectivity index (χ4n) is 2.04. The first-order valence-electron chi connectivity index (χ1n) is 6.12. The van der Waals surface area contributed by atoms with E-state index in [4.69, 9.17) is 4.74 Å². The smallest absolute Gasteiger partial charge is 0.270 e. The van der Waals surface area contributed by atoms with E-state index in [0.29, 0.717) is 5.69 Å². The molecule has 0 aliphatic heterocycles. The average Bonchev–Trinajstić information content (AvgIpc) is 2.81. The lowest BCUT2D eigenvalue weighted by Crippen LogP contribution is -2.36. The zero-order valence-corrected chi connectivity index (χ0v) is 11.1. The summed E-state index contributed by atoms with van der Waals surface area (Å²) in [4.78, 5) is 16.8. The first-order chi connectivity index (χ1) is 9.11. The standard InChI is InChI=1S/C14H18N2O3/c1-16(8-11(17)9-19-2)14(18)13-7-10-5-3-4-6-12(10)15-13/h3-7,11,15,17H,8-9H2,1-2H3. The molecule has 1 amide bonds. The predicted molar refractivity (Wildman–Crippen MR) is 73.1 cm³/mol. The van der Waals surface area contributed by atoms with Crippen LogP contribution in [0.4, 0.5) is 0 Å². The van der Waals surface area contributed by atoms with E-state index in [0.717, 1.165) is 10.9 Å². The van der Waals surface area contributed by atoms with Crippen molar-refractivity contribution in [3.63, 3.8) is 0 Å². The van der Waals surface area contributed by atoms with Crippen LogP contribution >= 0.6 is 0 Å². The van der Waals surface area contributed by atoms with Gasteiger partial charge in [0, 0.05) is 31.6 Å². The Balaban J connectivity index is 2.10. The summed E-state index contributed by atoms with van der Waals surface area (Å²) in [6.45, 7) is 0.451. The van der Waals surface area contributed by atoms with Crippen molar-refractivity contribution < 1.29 is 14.6 Å². The van der Waals surface area contributed by atoms with Crippen molar-refractivity contribution >= 4 is 16.8 Å². The highest BCUT2D eigenvalue weighted by Gasteiger charge is 2.17. The Morgan fingerprint density at radius 3 is 2.89 bits per heavy atom. The fraction of sp³-hybridized carbons (Fsp3) is 0.357. The molecule has 1 heterocycles. The molecular weight excluding hydrogens is 244 g/mol. The van der Waals surface area contributed by atoms with Crippen molar-refractivity contribution in [1.82, 2.24) is 9.88 Å². The molecule has 19 heavy (non-hydrogen) atoms. The first-order valence-corrected chi connectivity index (χ1v) is 6.12. The van der Waals surface area contributed by atoms with Crippen LogP contribution in [0.15, 0.2) is 30.3 Å². The molecule has 5 heteroatoms. The van der Waals surface area contributed by atoms with Crippen LogP contribution in [0, 0.1) is 0 Å². The largest absolute Gasteiger partial charge is 0.389 e. The van der Waals surface area contributed by atoms with Gasteiger partial charge in [0.2, 0.25) is 0 Å². The number of amides is 1. The summed E-state index contributed by atoms with van der Waals surface area (Å²) in [5, 5.41) is 10.6. The third-order valence-electron chi connectivity index (χ3n) is 2.95. The quantitative estimate of drug-likeness (QED) is 0.852. The summed E-state index contributed by atoms with van der Waals surface area (Å²) in [5.74, 6) is -0.147. The number of hydrogen-bond acceptors (Lipinski definition) is 3. The van der Waals surface area contributed by atoms with Crippen LogP contribution in [0.3, 0.4) is 0 Å². The number of aliphatic hydroxyl groups excluding tert-OH is 1. The molecule has 0 saturated carbocycles. The second-order valence-corrected chi connectivity index (χ2v) is 4.57. The third-order valence-corrected chi connectivity index (χ3v) is 2.95. The van der Waals surface area contributed by atoms with Gasteiger partial charge in [0.25, 0.3) is 5.91 Å². The number of benzene rings is 1. The van der Waals surface area contributed by atoms with Gasteiger partial charge in [0.05, 0.1) is 12.7 Å². The molecule has 1 unspecified atom stereocenters. The van der Waals surface area contributed by atoms with E-state index < -0.39 is 6.10 Å². The number of ether oxygens (including phenoxy) is 1. The van der Waals surface area contributed by atoms with E-state index in [1.54, 1.807) is 7.05 Å². The highest BCUT2D eigenvalue weighted by molar-refractivity contribution is 5.97. The van der Waals surface area contributed by atoms with Gasteiger partial charge in [-0.1, -0.05) is 18.2 Å². The number of rotatable bonds is 5. The van der Waals surface area contributed by atoms with Crippen LogP contribution in [0.5, 0.6) is 0 Å². The maximum Gasteiger partial charge on any atom is 0.270 e.